The minimum absolute atomic E-state index is 0.309. The Morgan fingerprint density at radius 2 is 2.42 bits per heavy atom. The zero-order valence-electron chi connectivity index (χ0n) is 7.66. The minimum atomic E-state index is 0.309. The second-order valence-corrected chi connectivity index (χ2v) is 2.96. The molecule has 0 radical (unpaired) electrons. The van der Waals surface area contributed by atoms with Crippen molar-refractivity contribution < 1.29 is 4.42 Å². The second kappa shape index (κ2) is 4.28. The van der Waals surface area contributed by atoms with Crippen LogP contribution in [0.15, 0.2) is 22.8 Å². The SMILES string of the molecule is CC(c1ccco1)N(C)CCN. The summed E-state index contributed by atoms with van der Waals surface area (Å²) in [6.45, 7) is 3.68. The van der Waals surface area contributed by atoms with E-state index in [1.165, 1.54) is 0 Å². The van der Waals surface area contributed by atoms with E-state index in [1.54, 1.807) is 6.26 Å². The number of nitrogens with two attached hydrogens (primary N) is 1. The third-order valence-electron chi connectivity index (χ3n) is 2.10. The van der Waals surface area contributed by atoms with Crippen molar-refractivity contribution in [2.24, 2.45) is 5.73 Å². The van der Waals surface area contributed by atoms with Gasteiger partial charge in [0.1, 0.15) is 5.76 Å². The number of hydrogen-bond acceptors (Lipinski definition) is 3. The van der Waals surface area contributed by atoms with E-state index in [-0.39, 0.29) is 0 Å². The third kappa shape index (κ3) is 2.09. The van der Waals surface area contributed by atoms with Crippen LogP contribution in [0.3, 0.4) is 0 Å². The molecule has 3 heteroatoms. The molecule has 0 saturated heterocycles. The summed E-state index contributed by atoms with van der Waals surface area (Å²) in [7, 11) is 2.04. The average molecular weight is 168 g/mol. The highest BCUT2D eigenvalue weighted by Crippen LogP contribution is 2.17. The number of rotatable bonds is 4. The molecule has 1 heterocycles. The van der Waals surface area contributed by atoms with Crippen LogP contribution in [0.5, 0.6) is 0 Å². The molecule has 12 heavy (non-hydrogen) atoms. The molecule has 1 atom stereocenters. The van der Waals surface area contributed by atoms with E-state index in [0.717, 1.165) is 12.3 Å². The average Bonchev–Trinajstić information content (AvgIpc) is 2.55. The second-order valence-electron chi connectivity index (χ2n) is 2.96. The van der Waals surface area contributed by atoms with Crippen LogP contribution >= 0.6 is 0 Å². The molecule has 0 saturated carbocycles. The van der Waals surface area contributed by atoms with E-state index < -0.39 is 0 Å². The molecule has 0 bridgehead atoms. The third-order valence-corrected chi connectivity index (χ3v) is 2.10. The molecule has 0 fully saturated rings. The molecule has 1 aromatic rings. The number of hydrogen-bond donors (Lipinski definition) is 1. The molecule has 0 aliphatic heterocycles. The van der Waals surface area contributed by atoms with E-state index in [0.29, 0.717) is 12.6 Å². The predicted octanol–water partition coefficient (Wildman–Crippen LogP) is 1.23. The van der Waals surface area contributed by atoms with Gasteiger partial charge in [-0.05, 0) is 26.1 Å². The maximum atomic E-state index is 5.45. The van der Waals surface area contributed by atoms with E-state index in [4.69, 9.17) is 10.2 Å². The van der Waals surface area contributed by atoms with Crippen molar-refractivity contribution >= 4 is 0 Å². The molecule has 1 rings (SSSR count). The number of furan rings is 1. The molecule has 3 nitrogen and oxygen atoms in total. The van der Waals surface area contributed by atoms with Gasteiger partial charge < -0.3 is 10.2 Å². The van der Waals surface area contributed by atoms with Crippen molar-refractivity contribution in [3.05, 3.63) is 24.2 Å². The first-order valence-electron chi connectivity index (χ1n) is 4.19. The van der Waals surface area contributed by atoms with E-state index >= 15 is 0 Å². The van der Waals surface area contributed by atoms with Gasteiger partial charge in [0.25, 0.3) is 0 Å². The Morgan fingerprint density at radius 1 is 1.67 bits per heavy atom. The van der Waals surface area contributed by atoms with Crippen molar-refractivity contribution in [3.8, 4) is 0 Å². The van der Waals surface area contributed by atoms with Crippen molar-refractivity contribution in [2.75, 3.05) is 20.1 Å². The van der Waals surface area contributed by atoms with Crippen LogP contribution in [0.1, 0.15) is 18.7 Å². The summed E-state index contributed by atoms with van der Waals surface area (Å²) < 4.78 is 5.28. The van der Waals surface area contributed by atoms with Crippen LogP contribution in [-0.4, -0.2) is 25.0 Å². The van der Waals surface area contributed by atoms with Crippen molar-refractivity contribution in [2.45, 2.75) is 13.0 Å². The van der Waals surface area contributed by atoms with Gasteiger partial charge in [0.05, 0.1) is 12.3 Å². The molecule has 0 aromatic carbocycles. The summed E-state index contributed by atoms with van der Waals surface area (Å²) in [5.74, 6) is 0.992. The van der Waals surface area contributed by atoms with Gasteiger partial charge in [-0.25, -0.2) is 0 Å². The molecule has 0 aliphatic rings. The smallest absolute Gasteiger partial charge is 0.120 e. The van der Waals surface area contributed by atoms with Gasteiger partial charge in [-0.3, -0.25) is 4.90 Å². The monoisotopic (exact) mass is 168 g/mol. The van der Waals surface area contributed by atoms with Gasteiger partial charge >= 0.3 is 0 Å². The van der Waals surface area contributed by atoms with Crippen LogP contribution in [0.2, 0.25) is 0 Å². The lowest BCUT2D eigenvalue weighted by Gasteiger charge is -2.21. The van der Waals surface area contributed by atoms with Crippen LogP contribution < -0.4 is 5.73 Å². The standard InChI is InChI=1S/C9H16N2O/c1-8(11(2)6-5-10)9-4-3-7-12-9/h3-4,7-8H,5-6,10H2,1-2H3. The summed E-state index contributed by atoms with van der Waals surface area (Å²) in [6.07, 6.45) is 1.70. The van der Waals surface area contributed by atoms with E-state index in [2.05, 4.69) is 11.8 Å². The first kappa shape index (κ1) is 9.29. The Labute approximate surface area is 73.2 Å². The Kier molecular flexibility index (Phi) is 3.31. The zero-order valence-corrected chi connectivity index (χ0v) is 7.66. The summed E-state index contributed by atoms with van der Waals surface area (Å²) in [4.78, 5) is 2.17. The van der Waals surface area contributed by atoms with Crippen molar-refractivity contribution in [1.82, 2.24) is 4.90 Å². The quantitative estimate of drug-likeness (QED) is 0.735. The molecule has 1 aromatic heterocycles. The maximum absolute atomic E-state index is 5.45. The molecular formula is C9H16N2O. The van der Waals surface area contributed by atoms with Gasteiger partial charge in [0, 0.05) is 13.1 Å². The Balaban J connectivity index is 2.53. The molecule has 1 unspecified atom stereocenters. The lowest BCUT2D eigenvalue weighted by molar-refractivity contribution is 0.237. The molecular weight excluding hydrogens is 152 g/mol. The van der Waals surface area contributed by atoms with Gasteiger partial charge in [-0.15, -0.1) is 0 Å². The largest absolute Gasteiger partial charge is 0.468 e. The molecule has 0 aliphatic carbocycles. The van der Waals surface area contributed by atoms with Gasteiger partial charge in [0.2, 0.25) is 0 Å². The number of likely N-dealkylation sites (N-methyl/N-ethyl adjacent to an activating group) is 1. The summed E-state index contributed by atoms with van der Waals surface area (Å²) in [5.41, 5.74) is 5.45. The highest BCUT2D eigenvalue weighted by molar-refractivity contribution is 5.03. The zero-order chi connectivity index (χ0) is 8.97. The first-order valence-corrected chi connectivity index (χ1v) is 4.19. The molecule has 0 spiro atoms. The number of nitrogens with zero attached hydrogens (tertiary/aromatic N) is 1. The molecule has 2 N–H and O–H groups in total. The lowest BCUT2D eigenvalue weighted by atomic mass is 10.2. The van der Waals surface area contributed by atoms with E-state index in [1.807, 2.05) is 19.2 Å². The van der Waals surface area contributed by atoms with Crippen LogP contribution in [0, 0.1) is 0 Å². The fraction of sp³-hybridized carbons (Fsp3) is 0.556. The first-order chi connectivity index (χ1) is 5.75. The fourth-order valence-electron chi connectivity index (χ4n) is 1.14. The normalized spacial score (nSPS) is 13.7. The topological polar surface area (TPSA) is 42.4 Å². The highest BCUT2D eigenvalue weighted by atomic mass is 16.3. The van der Waals surface area contributed by atoms with Crippen molar-refractivity contribution in [3.63, 3.8) is 0 Å². The minimum Gasteiger partial charge on any atom is -0.468 e. The van der Waals surface area contributed by atoms with Gasteiger partial charge in [-0.2, -0.15) is 0 Å². The maximum Gasteiger partial charge on any atom is 0.120 e. The van der Waals surface area contributed by atoms with E-state index in [9.17, 15) is 0 Å². The lowest BCUT2D eigenvalue weighted by Crippen LogP contribution is -2.27. The predicted molar refractivity (Wildman–Crippen MR) is 48.8 cm³/mol. The summed E-state index contributed by atoms with van der Waals surface area (Å²) in [5, 5.41) is 0. The van der Waals surface area contributed by atoms with Gasteiger partial charge in [-0.1, -0.05) is 0 Å². The van der Waals surface area contributed by atoms with Crippen LogP contribution in [-0.2, 0) is 0 Å². The Bertz CT molecular complexity index is 208. The molecule has 68 valence electrons. The van der Waals surface area contributed by atoms with Crippen molar-refractivity contribution in [1.29, 1.82) is 0 Å². The van der Waals surface area contributed by atoms with Crippen LogP contribution in [0.25, 0.3) is 0 Å². The Hall–Kier alpha value is -0.800. The highest BCUT2D eigenvalue weighted by Gasteiger charge is 2.12. The van der Waals surface area contributed by atoms with Gasteiger partial charge in [0.15, 0.2) is 0 Å². The summed E-state index contributed by atoms with van der Waals surface area (Å²) in [6, 6.07) is 4.20. The molecule has 0 amide bonds. The Morgan fingerprint density at radius 3 is 2.92 bits per heavy atom. The fourth-order valence-corrected chi connectivity index (χ4v) is 1.14. The summed E-state index contributed by atoms with van der Waals surface area (Å²) >= 11 is 0. The van der Waals surface area contributed by atoms with Crippen LogP contribution in [0.4, 0.5) is 0 Å².